The minimum absolute atomic E-state index is 0.186. The summed E-state index contributed by atoms with van der Waals surface area (Å²) in [5.41, 5.74) is 3.67. The Balaban J connectivity index is 1.45. The van der Waals surface area contributed by atoms with Gasteiger partial charge in [-0.05, 0) is 41.1 Å². The van der Waals surface area contributed by atoms with Gasteiger partial charge in [0.05, 0.1) is 17.5 Å². The molecule has 7 nitrogen and oxygen atoms in total. The monoisotopic (exact) mass is 484 g/mol. The van der Waals surface area contributed by atoms with Gasteiger partial charge in [0.1, 0.15) is 0 Å². The van der Waals surface area contributed by atoms with Crippen molar-refractivity contribution in [2.45, 2.75) is 12.2 Å². The van der Waals surface area contributed by atoms with E-state index < -0.39 is 10.0 Å². The van der Waals surface area contributed by atoms with Crippen LogP contribution in [-0.4, -0.2) is 29.7 Å². The Morgan fingerprint density at radius 2 is 1.69 bits per heavy atom. The number of hydrogen-bond acceptors (Lipinski definition) is 5. The molecular formula is C27H24N4O3S. The van der Waals surface area contributed by atoms with Crippen molar-refractivity contribution in [3.63, 3.8) is 0 Å². The van der Waals surface area contributed by atoms with E-state index in [4.69, 9.17) is 0 Å². The van der Waals surface area contributed by atoms with Crippen LogP contribution < -0.4 is 10.2 Å². The second-order valence-corrected chi connectivity index (χ2v) is 10.3. The van der Waals surface area contributed by atoms with E-state index in [2.05, 4.69) is 14.8 Å². The molecule has 0 amide bonds. The quantitative estimate of drug-likeness (QED) is 0.379. The first kappa shape index (κ1) is 22.9. The van der Waals surface area contributed by atoms with E-state index in [1.807, 2.05) is 61.8 Å². The molecule has 3 aromatic carbocycles. The fourth-order valence-electron chi connectivity index (χ4n) is 4.13. The Labute approximate surface area is 203 Å². The van der Waals surface area contributed by atoms with Crippen molar-refractivity contribution in [2.75, 3.05) is 6.54 Å². The van der Waals surface area contributed by atoms with Crippen LogP contribution >= 0.6 is 0 Å². The number of nitrogens with zero attached hydrogens (tertiary/aromatic N) is 3. The fourth-order valence-corrected chi connectivity index (χ4v) is 5.27. The van der Waals surface area contributed by atoms with Crippen LogP contribution in [0.3, 0.4) is 0 Å². The van der Waals surface area contributed by atoms with Gasteiger partial charge in [0.15, 0.2) is 5.43 Å². The zero-order chi connectivity index (χ0) is 24.4. The zero-order valence-corrected chi connectivity index (χ0v) is 20.0. The van der Waals surface area contributed by atoms with Crippen LogP contribution in [0.1, 0.15) is 11.1 Å². The fraction of sp³-hybridized carbons (Fsp3) is 0.148. The third-order valence-corrected chi connectivity index (χ3v) is 7.28. The van der Waals surface area contributed by atoms with Crippen molar-refractivity contribution < 1.29 is 8.42 Å². The van der Waals surface area contributed by atoms with Gasteiger partial charge in [0, 0.05) is 47.9 Å². The summed E-state index contributed by atoms with van der Waals surface area (Å²) in [4.78, 5) is 18.0. The minimum atomic E-state index is -3.56. The first-order valence-electron chi connectivity index (χ1n) is 11.2. The van der Waals surface area contributed by atoms with Gasteiger partial charge < -0.3 is 0 Å². The summed E-state index contributed by atoms with van der Waals surface area (Å²) in [6, 6.07) is 20.4. The molecule has 0 radical (unpaired) electrons. The molecule has 2 heterocycles. The van der Waals surface area contributed by atoms with Crippen LogP contribution in [-0.2, 0) is 29.2 Å². The summed E-state index contributed by atoms with van der Waals surface area (Å²) in [5.74, 6) is -0.201. The molecule has 8 heteroatoms. The van der Waals surface area contributed by atoms with Crippen molar-refractivity contribution >= 4 is 31.7 Å². The largest absolute Gasteiger partial charge is 0.289 e. The molecule has 1 N–H and O–H groups in total. The van der Waals surface area contributed by atoms with Crippen LogP contribution in [0.2, 0.25) is 0 Å². The lowest BCUT2D eigenvalue weighted by Gasteiger charge is -2.07. The van der Waals surface area contributed by atoms with Crippen LogP contribution in [0.4, 0.5) is 0 Å². The maximum absolute atomic E-state index is 13.5. The molecule has 5 aromatic rings. The molecule has 0 aliphatic carbocycles. The maximum Gasteiger partial charge on any atom is 0.215 e. The number of fused-ring (bicyclic) bond motifs is 2. The Morgan fingerprint density at radius 3 is 2.46 bits per heavy atom. The van der Waals surface area contributed by atoms with Crippen molar-refractivity contribution in [3.8, 4) is 11.1 Å². The molecule has 0 saturated carbocycles. The van der Waals surface area contributed by atoms with Gasteiger partial charge in [-0.3, -0.25) is 14.5 Å². The highest BCUT2D eigenvalue weighted by molar-refractivity contribution is 7.88. The Bertz CT molecular complexity index is 1700. The van der Waals surface area contributed by atoms with Gasteiger partial charge in [-0.15, -0.1) is 0 Å². The smallest absolute Gasteiger partial charge is 0.215 e. The number of sulfonamides is 1. The SMILES string of the molecule is Cn1cc(-c2cnc3ccc4ccc(CS(=O)(=O)NCCc5ccccc5)cc4c(=O)c3c2)cn1. The Kier molecular flexibility index (Phi) is 6.15. The van der Waals surface area contributed by atoms with E-state index in [0.29, 0.717) is 34.8 Å². The molecule has 35 heavy (non-hydrogen) atoms. The lowest BCUT2D eigenvalue weighted by atomic mass is 10.1. The number of benzene rings is 2. The molecule has 0 saturated heterocycles. The van der Waals surface area contributed by atoms with Gasteiger partial charge in [-0.2, -0.15) is 5.10 Å². The molecular weight excluding hydrogens is 460 g/mol. The van der Waals surface area contributed by atoms with Gasteiger partial charge in [-0.1, -0.05) is 48.5 Å². The Morgan fingerprint density at radius 1 is 0.886 bits per heavy atom. The minimum Gasteiger partial charge on any atom is -0.289 e. The standard InChI is InChI=1S/C27H24N4O3S/c1-31-17-23(16-29-31)22-14-25-26(28-15-22)10-9-21-8-7-20(13-24(21)27(25)32)18-35(33,34)30-12-11-19-5-3-2-4-6-19/h2-10,13-17,30H,11-12,18H2,1H3. The van der Waals surface area contributed by atoms with Crippen LogP contribution in [0.15, 0.2) is 90.1 Å². The maximum atomic E-state index is 13.5. The summed E-state index contributed by atoms with van der Waals surface area (Å²) in [5, 5.41) is 5.86. The predicted octanol–water partition coefficient (Wildman–Crippen LogP) is 3.81. The van der Waals surface area contributed by atoms with Crippen molar-refractivity contribution in [2.24, 2.45) is 7.05 Å². The molecule has 5 rings (SSSR count). The average Bonchev–Trinajstić information content (AvgIpc) is 3.23. The van der Waals surface area contributed by atoms with E-state index >= 15 is 0 Å². The number of pyridine rings is 1. The summed E-state index contributed by atoms with van der Waals surface area (Å²) in [6.45, 7) is 0.315. The molecule has 0 aliphatic rings. The average molecular weight is 485 g/mol. The molecule has 0 aliphatic heterocycles. The summed E-state index contributed by atoms with van der Waals surface area (Å²) >= 11 is 0. The highest BCUT2D eigenvalue weighted by Gasteiger charge is 2.13. The topological polar surface area (TPSA) is 94.0 Å². The Hall–Kier alpha value is -3.88. The second-order valence-electron chi connectivity index (χ2n) is 8.53. The molecule has 2 aromatic heterocycles. The molecule has 176 valence electrons. The number of nitrogens with one attached hydrogen (secondary N) is 1. The summed E-state index contributed by atoms with van der Waals surface area (Å²) < 4.78 is 29.7. The number of aromatic nitrogens is 3. The lowest BCUT2D eigenvalue weighted by molar-refractivity contribution is 0.581. The molecule has 0 bridgehead atoms. The second kappa shape index (κ2) is 9.40. The van der Waals surface area contributed by atoms with Gasteiger partial charge in [-0.25, -0.2) is 13.1 Å². The van der Waals surface area contributed by atoms with E-state index in [9.17, 15) is 13.2 Å². The van der Waals surface area contributed by atoms with Crippen molar-refractivity contribution in [3.05, 3.63) is 107 Å². The van der Waals surface area contributed by atoms with E-state index in [0.717, 1.165) is 22.1 Å². The van der Waals surface area contributed by atoms with E-state index in [1.54, 1.807) is 35.3 Å². The normalized spacial score (nSPS) is 11.8. The van der Waals surface area contributed by atoms with Gasteiger partial charge in [0.2, 0.25) is 10.0 Å². The van der Waals surface area contributed by atoms with Crippen molar-refractivity contribution in [1.82, 2.24) is 19.5 Å². The van der Waals surface area contributed by atoms with Crippen LogP contribution in [0, 0.1) is 0 Å². The first-order chi connectivity index (χ1) is 16.9. The third-order valence-electron chi connectivity index (χ3n) is 5.92. The van der Waals surface area contributed by atoms with Crippen molar-refractivity contribution in [1.29, 1.82) is 0 Å². The lowest BCUT2D eigenvalue weighted by Crippen LogP contribution is -2.27. The zero-order valence-electron chi connectivity index (χ0n) is 19.2. The van der Waals surface area contributed by atoms with Crippen LogP contribution in [0.5, 0.6) is 0 Å². The van der Waals surface area contributed by atoms with Gasteiger partial charge in [0.25, 0.3) is 0 Å². The predicted molar refractivity (Wildman–Crippen MR) is 138 cm³/mol. The number of rotatable bonds is 7. The van der Waals surface area contributed by atoms with Crippen LogP contribution in [0.25, 0.3) is 32.8 Å². The number of hydrogen-bond donors (Lipinski definition) is 1. The molecule has 0 spiro atoms. The highest BCUT2D eigenvalue weighted by atomic mass is 32.2. The summed E-state index contributed by atoms with van der Waals surface area (Å²) in [7, 11) is -1.73. The molecule has 0 atom stereocenters. The molecule has 0 fully saturated rings. The van der Waals surface area contributed by atoms with Gasteiger partial charge >= 0.3 is 0 Å². The van der Waals surface area contributed by atoms with E-state index in [-0.39, 0.29) is 11.2 Å². The first-order valence-corrected chi connectivity index (χ1v) is 12.9. The number of aryl methyl sites for hydroxylation is 1. The highest BCUT2D eigenvalue weighted by Crippen LogP contribution is 2.22. The van der Waals surface area contributed by atoms with E-state index in [1.165, 1.54) is 0 Å². The third kappa shape index (κ3) is 5.13. The summed E-state index contributed by atoms with van der Waals surface area (Å²) in [6.07, 6.45) is 5.92. The molecule has 0 unspecified atom stereocenters.